The van der Waals surface area contributed by atoms with E-state index in [1.807, 2.05) is 4.90 Å². The van der Waals surface area contributed by atoms with E-state index >= 15 is 0 Å². The summed E-state index contributed by atoms with van der Waals surface area (Å²) >= 11 is 5.83. The number of halogens is 1. The molecule has 120 valence electrons. The maximum Gasteiger partial charge on any atom is 0.239 e. The third kappa shape index (κ3) is 4.01. The fourth-order valence-corrected chi connectivity index (χ4v) is 2.71. The standard InChI is InChI=1S/C17H23ClN2O2/c1-17(2,16(22)20-11-5-3-4-6-12-20)15(21)19-14-9-7-13(18)8-10-14/h7-10H,3-6,11-12H2,1-2H3,(H,19,21). The van der Waals surface area contributed by atoms with Gasteiger partial charge in [-0.1, -0.05) is 24.4 Å². The maximum atomic E-state index is 12.7. The minimum Gasteiger partial charge on any atom is -0.342 e. The largest absolute Gasteiger partial charge is 0.342 e. The lowest BCUT2D eigenvalue weighted by Crippen LogP contribution is -2.47. The number of amides is 2. The molecule has 0 saturated carbocycles. The average Bonchev–Trinajstić information content (AvgIpc) is 2.77. The van der Waals surface area contributed by atoms with Crippen molar-refractivity contribution < 1.29 is 9.59 Å². The minimum absolute atomic E-state index is 0.0964. The molecule has 0 unspecified atom stereocenters. The lowest BCUT2D eigenvalue weighted by atomic mass is 9.90. The van der Waals surface area contributed by atoms with E-state index in [2.05, 4.69) is 5.32 Å². The van der Waals surface area contributed by atoms with Crippen LogP contribution in [0.4, 0.5) is 5.69 Å². The summed E-state index contributed by atoms with van der Waals surface area (Å²) in [5.74, 6) is -0.384. The van der Waals surface area contributed by atoms with E-state index in [0.717, 1.165) is 38.8 Å². The molecule has 5 heteroatoms. The monoisotopic (exact) mass is 322 g/mol. The van der Waals surface area contributed by atoms with E-state index in [9.17, 15) is 9.59 Å². The van der Waals surface area contributed by atoms with Gasteiger partial charge >= 0.3 is 0 Å². The number of benzene rings is 1. The third-order valence-corrected chi connectivity index (χ3v) is 4.35. The van der Waals surface area contributed by atoms with Crippen molar-refractivity contribution in [3.63, 3.8) is 0 Å². The van der Waals surface area contributed by atoms with Gasteiger partial charge in [0.05, 0.1) is 0 Å². The predicted octanol–water partition coefficient (Wildman–Crippen LogP) is 3.71. The molecule has 22 heavy (non-hydrogen) atoms. The molecule has 1 aliphatic rings. The van der Waals surface area contributed by atoms with E-state index in [1.54, 1.807) is 38.1 Å². The van der Waals surface area contributed by atoms with Crippen LogP contribution in [0.3, 0.4) is 0 Å². The fraction of sp³-hybridized carbons (Fsp3) is 0.529. The molecule has 1 aromatic carbocycles. The van der Waals surface area contributed by atoms with Gasteiger partial charge in [-0.25, -0.2) is 0 Å². The summed E-state index contributed by atoms with van der Waals surface area (Å²) in [5.41, 5.74) is -0.435. The minimum atomic E-state index is -1.08. The van der Waals surface area contributed by atoms with Crippen molar-refractivity contribution in [3.05, 3.63) is 29.3 Å². The van der Waals surface area contributed by atoms with Gasteiger partial charge in [-0.2, -0.15) is 0 Å². The van der Waals surface area contributed by atoms with Crippen LogP contribution in [-0.2, 0) is 9.59 Å². The highest BCUT2D eigenvalue weighted by Gasteiger charge is 2.39. The molecular formula is C17H23ClN2O2. The summed E-state index contributed by atoms with van der Waals surface area (Å²) in [4.78, 5) is 27.0. The highest BCUT2D eigenvalue weighted by Crippen LogP contribution is 2.24. The summed E-state index contributed by atoms with van der Waals surface area (Å²) in [7, 11) is 0. The van der Waals surface area contributed by atoms with Gasteiger partial charge in [0, 0.05) is 23.8 Å². The lowest BCUT2D eigenvalue weighted by Gasteiger charge is -2.30. The molecule has 2 rings (SSSR count). The molecule has 1 fully saturated rings. The molecular weight excluding hydrogens is 300 g/mol. The Morgan fingerprint density at radius 1 is 1.05 bits per heavy atom. The third-order valence-electron chi connectivity index (χ3n) is 4.10. The molecule has 0 spiro atoms. The number of carbonyl (C=O) groups is 2. The van der Waals surface area contributed by atoms with Gasteiger partial charge in [-0.05, 0) is 51.0 Å². The zero-order chi connectivity index (χ0) is 16.2. The molecule has 1 heterocycles. The Balaban J connectivity index is 2.05. The van der Waals surface area contributed by atoms with E-state index in [1.165, 1.54) is 0 Å². The number of anilines is 1. The van der Waals surface area contributed by atoms with Gasteiger partial charge < -0.3 is 10.2 Å². The van der Waals surface area contributed by atoms with Crippen LogP contribution in [0.5, 0.6) is 0 Å². The second-order valence-corrected chi connectivity index (χ2v) is 6.73. The summed E-state index contributed by atoms with van der Waals surface area (Å²) in [5, 5.41) is 3.41. The fourth-order valence-electron chi connectivity index (χ4n) is 2.59. The molecule has 2 amide bonds. The number of likely N-dealkylation sites (tertiary alicyclic amines) is 1. The maximum absolute atomic E-state index is 12.7. The predicted molar refractivity (Wildman–Crippen MR) is 88.9 cm³/mol. The van der Waals surface area contributed by atoms with Crippen molar-refractivity contribution in [1.82, 2.24) is 4.90 Å². The van der Waals surface area contributed by atoms with Gasteiger partial charge in [0.2, 0.25) is 11.8 Å². The van der Waals surface area contributed by atoms with Crippen LogP contribution in [0.2, 0.25) is 5.02 Å². The number of nitrogens with one attached hydrogen (secondary N) is 1. The average molecular weight is 323 g/mol. The van der Waals surface area contributed by atoms with Crippen LogP contribution in [0.1, 0.15) is 39.5 Å². The van der Waals surface area contributed by atoms with E-state index in [0.29, 0.717) is 10.7 Å². The first-order valence-electron chi connectivity index (χ1n) is 7.77. The van der Waals surface area contributed by atoms with Gasteiger partial charge in [-0.15, -0.1) is 0 Å². The molecule has 0 atom stereocenters. The van der Waals surface area contributed by atoms with Gasteiger partial charge in [0.25, 0.3) is 0 Å². The van der Waals surface area contributed by atoms with Crippen molar-refractivity contribution in [2.75, 3.05) is 18.4 Å². The topological polar surface area (TPSA) is 49.4 Å². The molecule has 0 bridgehead atoms. The van der Waals surface area contributed by atoms with Crippen LogP contribution >= 0.6 is 11.6 Å². The van der Waals surface area contributed by atoms with Gasteiger partial charge in [-0.3, -0.25) is 9.59 Å². The lowest BCUT2D eigenvalue weighted by molar-refractivity contribution is -0.146. The van der Waals surface area contributed by atoms with Crippen LogP contribution in [-0.4, -0.2) is 29.8 Å². The smallest absolute Gasteiger partial charge is 0.239 e. The van der Waals surface area contributed by atoms with Crippen molar-refractivity contribution in [2.45, 2.75) is 39.5 Å². The van der Waals surface area contributed by atoms with Crippen LogP contribution in [0.15, 0.2) is 24.3 Å². The van der Waals surface area contributed by atoms with Crippen molar-refractivity contribution >= 4 is 29.1 Å². The van der Waals surface area contributed by atoms with Crippen molar-refractivity contribution in [1.29, 1.82) is 0 Å². The Morgan fingerprint density at radius 3 is 2.14 bits per heavy atom. The highest BCUT2D eigenvalue weighted by atomic mass is 35.5. The second-order valence-electron chi connectivity index (χ2n) is 6.29. The molecule has 4 nitrogen and oxygen atoms in total. The molecule has 1 aliphatic heterocycles. The van der Waals surface area contributed by atoms with E-state index in [-0.39, 0.29) is 11.8 Å². The number of carbonyl (C=O) groups excluding carboxylic acids is 2. The van der Waals surface area contributed by atoms with E-state index in [4.69, 9.17) is 11.6 Å². The molecule has 0 aromatic heterocycles. The normalized spacial score (nSPS) is 16.0. The quantitative estimate of drug-likeness (QED) is 0.862. The number of nitrogens with zero attached hydrogens (tertiary/aromatic N) is 1. The van der Waals surface area contributed by atoms with Crippen LogP contribution in [0, 0.1) is 5.41 Å². The van der Waals surface area contributed by atoms with Gasteiger partial charge in [0.15, 0.2) is 0 Å². The second kappa shape index (κ2) is 7.14. The Morgan fingerprint density at radius 2 is 1.59 bits per heavy atom. The Hall–Kier alpha value is -1.55. The number of hydrogen-bond donors (Lipinski definition) is 1. The Labute approximate surface area is 136 Å². The van der Waals surface area contributed by atoms with Gasteiger partial charge in [0.1, 0.15) is 5.41 Å². The van der Waals surface area contributed by atoms with E-state index < -0.39 is 5.41 Å². The summed E-state index contributed by atoms with van der Waals surface area (Å²) < 4.78 is 0. The zero-order valence-electron chi connectivity index (χ0n) is 13.2. The highest BCUT2D eigenvalue weighted by molar-refractivity contribution is 6.30. The number of hydrogen-bond acceptors (Lipinski definition) is 2. The summed E-state index contributed by atoms with van der Waals surface area (Å²) in [6.07, 6.45) is 4.34. The van der Waals surface area contributed by atoms with Crippen molar-refractivity contribution in [3.8, 4) is 0 Å². The SMILES string of the molecule is CC(C)(C(=O)Nc1ccc(Cl)cc1)C(=O)N1CCCCCC1. The Bertz CT molecular complexity index is 532. The first-order chi connectivity index (χ1) is 10.4. The van der Waals surface area contributed by atoms with Crippen molar-refractivity contribution in [2.24, 2.45) is 5.41 Å². The summed E-state index contributed by atoms with van der Waals surface area (Å²) in [6, 6.07) is 6.88. The summed E-state index contributed by atoms with van der Waals surface area (Å²) in [6.45, 7) is 4.87. The molecule has 1 saturated heterocycles. The molecule has 0 aliphatic carbocycles. The number of rotatable bonds is 3. The van der Waals surface area contributed by atoms with Crippen LogP contribution < -0.4 is 5.32 Å². The molecule has 0 radical (unpaired) electrons. The first kappa shape index (κ1) is 16.8. The molecule has 1 N–H and O–H groups in total. The molecule has 1 aromatic rings. The van der Waals surface area contributed by atoms with Crippen LogP contribution in [0.25, 0.3) is 0 Å². The zero-order valence-corrected chi connectivity index (χ0v) is 13.9. The Kier molecular flexibility index (Phi) is 5.46. The first-order valence-corrected chi connectivity index (χ1v) is 8.15.